The summed E-state index contributed by atoms with van der Waals surface area (Å²) in [6.07, 6.45) is 2.50. The third-order valence-electron chi connectivity index (χ3n) is 14.7. The number of carboxylic acids is 1. The molecule has 12 amide bonds. The van der Waals surface area contributed by atoms with Crippen LogP contribution in [0.2, 0.25) is 0 Å². The van der Waals surface area contributed by atoms with E-state index in [1.165, 1.54) is 12.5 Å². The first-order valence-electron chi connectivity index (χ1n) is 32.1. The summed E-state index contributed by atoms with van der Waals surface area (Å²) < 4.78 is 0. The summed E-state index contributed by atoms with van der Waals surface area (Å²) in [5, 5.41) is 66.5. The second-order valence-electron chi connectivity index (χ2n) is 25.2. The normalized spacial score (nSPS) is 15.5. The average Bonchev–Trinajstić information content (AvgIpc) is 1.40. The lowest BCUT2D eigenvalue weighted by molar-refractivity contribution is -0.143. The molecule has 24 N–H and O–H groups in total. The third-order valence-corrected chi connectivity index (χ3v) is 15.0. The number of aromatic amines is 1. The number of aliphatic hydroxyl groups excluding tert-OH is 3. The van der Waals surface area contributed by atoms with E-state index in [0.29, 0.717) is 37.9 Å². The van der Waals surface area contributed by atoms with Crippen LogP contribution in [0.25, 0.3) is 0 Å². The number of imidazole rings is 1. The van der Waals surface area contributed by atoms with Crippen LogP contribution in [0.3, 0.4) is 0 Å². The summed E-state index contributed by atoms with van der Waals surface area (Å²) in [5.41, 5.74) is 23.8. The van der Waals surface area contributed by atoms with E-state index in [2.05, 4.69) is 75.8 Å². The van der Waals surface area contributed by atoms with E-state index < -0.39 is 187 Å². The van der Waals surface area contributed by atoms with Gasteiger partial charge in [-0.25, -0.2) is 9.78 Å². The summed E-state index contributed by atoms with van der Waals surface area (Å²) in [7, 11) is 0. The molecule has 0 unspecified atom stereocenters. The molecule has 1 rings (SSSR count). The Morgan fingerprint density at radius 2 is 0.789 bits per heavy atom. The van der Waals surface area contributed by atoms with Crippen molar-refractivity contribution in [2.75, 3.05) is 32.1 Å². The molecule has 34 nitrogen and oxygen atoms in total. The zero-order chi connectivity index (χ0) is 72.2. The van der Waals surface area contributed by atoms with Gasteiger partial charge in [-0.15, -0.1) is 0 Å². The fourth-order valence-electron chi connectivity index (χ4n) is 9.57. The number of nitrogens with zero attached hydrogens (tertiary/aromatic N) is 1. The molecule has 0 bridgehead atoms. The van der Waals surface area contributed by atoms with Gasteiger partial charge in [-0.05, 0) is 114 Å². The topological polar surface area (TPSA) is 568 Å². The van der Waals surface area contributed by atoms with Gasteiger partial charge < -0.3 is 107 Å². The molecule has 1 aromatic rings. The summed E-state index contributed by atoms with van der Waals surface area (Å²) in [5.74, 6) is -14.1. The van der Waals surface area contributed by atoms with Gasteiger partial charge >= 0.3 is 5.97 Å². The van der Waals surface area contributed by atoms with Crippen LogP contribution in [-0.2, 0) is 68.7 Å². The van der Waals surface area contributed by atoms with E-state index in [9.17, 15) is 82.8 Å². The molecule has 95 heavy (non-hydrogen) atoms. The number of thiol groups is 1. The number of nitrogens with two attached hydrogens (primary N) is 4. The van der Waals surface area contributed by atoms with Gasteiger partial charge in [0.05, 0.1) is 31.7 Å². The quantitative estimate of drug-likeness (QED) is 0.0214. The molecular formula is C60H107N17O17S. The van der Waals surface area contributed by atoms with Crippen LogP contribution in [0, 0.1) is 23.7 Å². The maximum atomic E-state index is 14.5. The molecule has 0 spiro atoms. The molecule has 0 saturated heterocycles. The molecular weight excluding hydrogens is 1260 g/mol. The highest BCUT2D eigenvalue weighted by Crippen LogP contribution is 2.15. The number of aliphatic hydroxyl groups is 3. The number of carbonyl (C=O) groups is 13. The first-order chi connectivity index (χ1) is 44.6. The van der Waals surface area contributed by atoms with Crippen molar-refractivity contribution in [1.82, 2.24) is 68.5 Å². The lowest BCUT2D eigenvalue weighted by Crippen LogP contribution is -2.62. The molecule has 0 aliphatic carbocycles. The molecule has 1 aromatic heterocycles. The van der Waals surface area contributed by atoms with Gasteiger partial charge in [0.25, 0.3) is 0 Å². The van der Waals surface area contributed by atoms with Crippen molar-refractivity contribution >= 4 is 89.5 Å². The zero-order valence-electron chi connectivity index (χ0n) is 56.0. The standard InChI is InChI=1S/C60H107N17O17S/c1-30(2)20-40(72-54(87)41(21-31(3)4)70-51(84)38(15-11-13-19-62)68-50(83)37(14-10-12-18-61)67-49(82)36(63)24-35-25-65-29-66-35)53(86)69-39(16-17-47(64)81)52(85)71-42(22-32(5)6)55(88)73-43(23-33(7)8)56(89)77-48(34(9)80)59(92)76-46(28-95)58(91)74-44(26-78)57(90)75-45(27-79)60(93)94/h25,29-34,36-46,48,78-80,95H,10-24,26-28,61-63H2,1-9H3,(H2,64,81)(H,65,66)(H,67,82)(H,68,83)(H,69,86)(H,70,84)(H,71,85)(H,72,87)(H,73,88)(H,74,91)(H,75,90)(H,76,92)(H,77,89)(H,93,94)/t34-,36+,37+,38+,39+,40+,41+,42+,43+,44+,45+,46+,48+/m1/s1. The summed E-state index contributed by atoms with van der Waals surface area (Å²) in [6, 6.07) is -17.5. The van der Waals surface area contributed by atoms with Crippen LogP contribution in [0.4, 0.5) is 0 Å². The number of aliphatic carboxylic acids is 1. The van der Waals surface area contributed by atoms with Crippen molar-refractivity contribution in [2.24, 2.45) is 46.6 Å². The third kappa shape index (κ3) is 33.1. The number of primary amides is 1. The molecule has 0 saturated carbocycles. The van der Waals surface area contributed by atoms with E-state index in [4.69, 9.17) is 22.9 Å². The van der Waals surface area contributed by atoms with E-state index in [1.807, 2.05) is 5.32 Å². The van der Waals surface area contributed by atoms with Crippen molar-refractivity contribution in [3.63, 3.8) is 0 Å². The van der Waals surface area contributed by atoms with Crippen molar-refractivity contribution < 1.29 is 82.8 Å². The number of rotatable bonds is 48. The molecule has 0 aliphatic rings. The Morgan fingerprint density at radius 1 is 0.463 bits per heavy atom. The maximum absolute atomic E-state index is 14.5. The van der Waals surface area contributed by atoms with Crippen molar-refractivity contribution in [3.8, 4) is 0 Å². The van der Waals surface area contributed by atoms with E-state index in [1.54, 1.807) is 55.4 Å². The molecule has 0 aliphatic heterocycles. The SMILES string of the molecule is CC(C)C[C@H](NC(=O)[C@H](CC(C)C)NC(=O)[C@H](CCCCN)NC(=O)[C@H](CCCCN)NC(=O)[C@@H](N)Cc1cnc[nH]1)C(=O)N[C@@H](CCC(N)=O)C(=O)N[C@@H](CC(C)C)C(=O)N[C@@H](CC(C)C)C(=O)N[C@H](C(=O)N[C@@H](CS)C(=O)N[C@@H](CO)C(=O)N[C@@H](CO)C(=O)O)[C@@H](C)O. The lowest BCUT2D eigenvalue weighted by atomic mass is 9.98. The van der Waals surface area contributed by atoms with E-state index >= 15 is 0 Å². The predicted molar refractivity (Wildman–Crippen MR) is 351 cm³/mol. The van der Waals surface area contributed by atoms with Gasteiger partial charge in [0.2, 0.25) is 70.9 Å². The first kappa shape index (κ1) is 85.4. The van der Waals surface area contributed by atoms with Gasteiger partial charge in [-0.1, -0.05) is 55.4 Å². The second-order valence-corrected chi connectivity index (χ2v) is 25.6. The highest BCUT2D eigenvalue weighted by Gasteiger charge is 2.38. The van der Waals surface area contributed by atoms with Crippen LogP contribution in [0.5, 0.6) is 0 Å². The van der Waals surface area contributed by atoms with Gasteiger partial charge in [0, 0.05) is 30.5 Å². The Kier molecular flexibility index (Phi) is 40.4. The van der Waals surface area contributed by atoms with Crippen molar-refractivity contribution in [2.45, 2.75) is 224 Å². The summed E-state index contributed by atoms with van der Waals surface area (Å²) in [4.78, 5) is 183. The minimum absolute atomic E-state index is 0.0131. The second kappa shape index (κ2) is 45.0. The van der Waals surface area contributed by atoms with Crippen molar-refractivity contribution in [1.29, 1.82) is 0 Å². The Labute approximate surface area is 560 Å². The zero-order valence-corrected chi connectivity index (χ0v) is 56.9. The Hall–Kier alpha value is -7.57. The van der Waals surface area contributed by atoms with Crippen LogP contribution >= 0.6 is 12.6 Å². The van der Waals surface area contributed by atoms with Crippen LogP contribution < -0.4 is 81.4 Å². The lowest BCUT2D eigenvalue weighted by Gasteiger charge is -2.30. The Balaban J connectivity index is 3.54. The van der Waals surface area contributed by atoms with Crippen LogP contribution in [0.15, 0.2) is 12.5 Å². The molecule has 540 valence electrons. The number of carboxylic acid groups (broad SMARTS) is 1. The van der Waals surface area contributed by atoms with Gasteiger partial charge in [0.15, 0.2) is 0 Å². The van der Waals surface area contributed by atoms with Crippen LogP contribution in [-0.4, -0.2) is 218 Å². The monoisotopic (exact) mass is 1370 g/mol. The highest BCUT2D eigenvalue weighted by atomic mass is 32.1. The first-order valence-corrected chi connectivity index (χ1v) is 32.7. The van der Waals surface area contributed by atoms with Crippen LogP contribution in [0.1, 0.15) is 145 Å². The predicted octanol–water partition coefficient (Wildman–Crippen LogP) is -5.30. The van der Waals surface area contributed by atoms with Gasteiger partial charge in [-0.2, -0.15) is 12.6 Å². The number of carbonyl (C=O) groups excluding carboxylic acids is 12. The maximum Gasteiger partial charge on any atom is 0.328 e. The van der Waals surface area contributed by atoms with Gasteiger partial charge in [0.1, 0.15) is 66.5 Å². The largest absolute Gasteiger partial charge is 0.480 e. The van der Waals surface area contributed by atoms with Crippen molar-refractivity contribution in [3.05, 3.63) is 18.2 Å². The summed E-state index contributed by atoms with van der Waals surface area (Å²) in [6.45, 7) is 13.6. The number of unbranched alkanes of at least 4 members (excludes halogenated alkanes) is 2. The minimum Gasteiger partial charge on any atom is -0.480 e. The molecule has 1 heterocycles. The molecule has 0 fully saturated rings. The smallest absolute Gasteiger partial charge is 0.328 e. The summed E-state index contributed by atoms with van der Waals surface area (Å²) >= 11 is 4.08. The molecule has 0 radical (unpaired) electrons. The average molecular weight is 1370 g/mol. The fraction of sp³-hybridized carbons (Fsp3) is 0.733. The molecule has 0 aromatic carbocycles. The number of nitrogens with one attached hydrogen (secondary N) is 12. The van der Waals surface area contributed by atoms with Gasteiger partial charge in [-0.3, -0.25) is 57.5 Å². The number of amides is 12. The number of hydrogen-bond donors (Lipinski definition) is 21. The Morgan fingerprint density at radius 3 is 1.13 bits per heavy atom. The molecule has 13 atom stereocenters. The minimum atomic E-state index is -1.81. The van der Waals surface area contributed by atoms with E-state index in [0.717, 1.165) is 6.92 Å². The molecule has 35 heteroatoms. The number of aromatic nitrogens is 2. The Bertz CT molecular complexity index is 2640. The number of H-pyrrole nitrogens is 1. The number of hydrogen-bond acceptors (Lipinski definition) is 21. The fourth-order valence-corrected chi connectivity index (χ4v) is 9.82. The van der Waals surface area contributed by atoms with E-state index in [-0.39, 0.29) is 75.2 Å². The highest BCUT2D eigenvalue weighted by molar-refractivity contribution is 7.80.